The highest BCUT2D eigenvalue weighted by molar-refractivity contribution is 6.36. The summed E-state index contributed by atoms with van der Waals surface area (Å²) in [6.45, 7) is 0. The number of benzene rings is 2. The molecule has 0 saturated heterocycles. The molecule has 0 aromatic heterocycles. The summed E-state index contributed by atoms with van der Waals surface area (Å²) in [5.41, 5.74) is -0.812. The Bertz CT molecular complexity index is 700. The van der Waals surface area contributed by atoms with Gasteiger partial charge in [0.1, 0.15) is 5.60 Å². The highest BCUT2D eigenvalue weighted by Gasteiger charge is 2.36. The molecule has 2 N–H and O–H groups in total. The molecule has 1 amide bonds. The van der Waals surface area contributed by atoms with Gasteiger partial charge in [-0.2, -0.15) is 0 Å². The van der Waals surface area contributed by atoms with Crippen LogP contribution in [0.5, 0.6) is 0 Å². The second kappa shape index (κ2) is 6.91. The normalized spacial score (nSPS) is 13.2. The summed E-state index contributed by atoms with van der Waals surface area (Å²) >= 11 is 5.86. The fourth-order valence-electron chi connectivity index (χ4n) is 2.30. The Morgan fingerprint density at radius 3 is 2.09 bits per heavy atom. The molecule has 2 rings (SSSR count). The Labute approximate surface area is 138 Å². The van der Waals surface area contributed by atoms with E-state index in [9.17, 15) is 14.7 Å². The van der Waals surface area contributed by atoms with Gasteiger partial charge in [0, 0.05) is 12.1 Å². The molecule has 23 heavy (non-hydrogen) atoms. The lowest BCUT2D eigenvalue weighted by atomic mass is 9.82. The van der Waals surface area contributed by atoms with E-state index in [-0.39, 0.29) is 5.06 Å². The molecule has 2 aromatic carbocycles. The molecule has 6 heteroatoms. The minimum atomic E-state index is -1.70. The molecule has 0 aliphatic rings. The summed E-state index contributed by atoms with van der Waals surface area (Å²) < 4.78 is 0. The summed E-state index contributed by atoms with van der Waals surface area (Å²) in [6.07, 6.45) is -0.498. The SMILES string of the molecule is CN(O)C(=O)C(=O)CC(O)(c1ccccc1)c1ccc(Cl)cc1. The zero-order valence-corrected chi connectivity index (χ0v) is 13.2. The monoisotopic (exact) mass is 333 g/mol. The maximum Gasteiger partial charge on any atom is 0.313 e. The lowest BCUT2D eigenvalue weighted by molar-refractivity contribution is -0.166. The average molecular weight is 334 g/mol. The van der Waals surface area contributed by atoms with Crippen LogP contribution < -0.4 is 0 Å². The van der Waals surface area contributed by atoms with Crippen LogP contribution in [0.2, 0.25) is 5.02 Å². The van der Waals surface area contributed by atoms with Gasteiger partial charge < -0.3 is 5.11 Å². The van der Waals surface area contributed by atoms with E-state index in [1.165, 1.54) is 0 Å². The van der Waals surface area contributed by atoms with E-state index >= 15 is 0 Å². The topological polar surface area (TPSA) is 77.8 Å². The van der Waals surface area contributed by atoms with Gasteiger partial charge in [0.25, 0.3) is 0 Å². The van der Waals surface area contributed by atoms with E-state index < -0.39 is 23.7 Å². The van der Waals surface area contributed by atoms with Crippen LogP contribution in [0.15, 0.2) is 54.6 Å². The number of hydrogen-bond donors (Lipinski definition) is 2. The fourth-order valence-corrected chi connectivity index (χ4v) is 2.42. The number of carbonyl (C=O) groups excluding carboxylic acids is 2. The molecule has 0 radical (unpaired) electrons. The maximum absolute atomic E-state index is 12.1. The van der Waals surface area contributed by atoms with Gasteiger partial charge in [0.2, 0.25) is 5.78 Å². The van der Waals surface area contributed by atoms with Crippen molar-refractivity contribution in [2.24, 2.45) is 0 Å². The number of carbonyl (C=O) groups is 2. The molecule has 0 fully saturated rings. The van der Waals surface area contributed by atoms with Crippen molar-refractivity contribution in [2.45, 2.75) is 12.0 Å². The predicted molar refractivity (Wildman–Crippen MR) is 85.1 cm³/mol. The van der Waals surface area contributed by atoms with Crippen LogP contribution >= 0.6 is 11.6 Å². The molecule has 0 saturated carbocycles. The second-order valence-corrected chi connectivity index (χ2v) is 5.60. The lowest BCUT2D eigenvalue weighted by Gasteiger charge is -2.29. The first-order valence-electron chi connectivity index (χ1n) is 6.88. The van der Waals surface area contributed by atoms with Crippen LogP contribution in [0, 0.1) is 0 Å². The Morgan fingerprint density at radius 2 is 1.57 bits per heavy atom. The minimum Gasteiger partial charge on any atom is -0.380 e. The molecule has 0 spiro atoms. The van der Waals surface area contributed by atoms with Crippen molar-refractivity contribution < 1.29 is 19.9 Å². The van der Waals surface area contributed by atoms with Crippen molar-refractivity contribution in [3.05, 3.63) is 70.7 Å². The molecule has 0 heterocycles. The van der Waals surface area contributed by atoms with E-state index in [0.29, 0.717) is 16.1 Å². The van der Waals surface area contributed by atoms with Crippen molar-refractivity contribution in [1.82, 2.24) is 5.06 Å². The number of halogens is 1. The summed E-state index contributed by atoms with van der Waals surface area (Å²) in [7, 11) is 1.06. The van der Waals surface area contributed by atoms with Gasteiger partial charge in [-0.1, -0.05) is 54.1 Å². The first-order valence-corrected chi connectivity index (χ1v) is 7.26. The zero-order chi connectivity index (χ0) is 17.0. The molecule has 1 atom stereocenters. The number of rotatable bonds is 5. The number of hydroxylamine groups is 2. The number of likely N-dealkylation sites (N-methyl/N-ethyl adjacent to an activating group) is 1. The molecule has 5 nitrogen and oxygen atoms in total. The van der Waals surface area contributed by atoms with Gasteiger partial charge in [-0.05, 0) is 23.3 Å². The van der Waals surface area contributed by atoms with Crippen molar-refractivity contribution in [3.8, 4) is 0 Å². The van der Waals surface area contributed by atoms with Gasteiger partial charge in [0.05, 0.1) is 6.42 Å². The van der Waals surface area contributed by atoms with Crippen LogP contribution in [-0.4, -0.2) is 34.1 Å². The molecule has 2 aromatic rings. The summed E-state index contributed by atoms with van der Waals surface area (Å²) in [5, 5.41) is 21.0. The fraction of sp³-hybridized carbons (Fsp3) is 0.176. The Kier molecular flexibility index (Phi) is 5.15. The molecular formula is C17H16ClNO4. The Morgan fingerprint density at radius 1 is 1.04 bits per heavy atom. The van der Waals surface area contributed by atoms with Gasteiger partial charge in [-0.15, -0.1) is 0 Å². The average Bonchev–Trinajstić information content (AvgIpc) is 2.55. The summed E-state index contributed by atoms with van der Waals surface area (Å²) in [5.74, 6) is -2.00. The van der Waals surface area contributed by atoms with Crippen molar-refractivity contribution in [3.63, 3.8) is 0 Å². The van der Waals surface area contributed by atoms with Crippen LogP contribution in [0.1, 0.15) is 17.5 Å². The highest BCUT2D eigenvalue weighted by Crippen LogP contribution is 2.34. The Balaban J connectivity index is 2.46. The quantitative estimate of drug-likeness (QED) is 0.500. The molecule has 0 bridgehead atoms. The first kappa shape index (κ1) is 17.1. The van der Waals surface area contributed by atoms with Crippen molar-refractivity contribution in [2.75, 3.05) is 7.05 Å². The van der Waals surface area contributed by atoms with Gasteiger partial charge >= 0.3 is 5.91 Å². The molecule has 0 aliphatic carbocycles. The summed E-state index contributed by atoms with van der Waals surface area (Å²) in [6, 6.07) is 14.9. The smallest absolute Gasteiger partial charge is 0.313 e. The first-order chi connectivity index (χ1) is 10.8. The van der Waals surface area contributed by atoms with E-state index in [2.05, 4.69) is 0 Å². The number of Topliss-reactive ketones (excluding diaryl/α,β-unsaturated/α-hetero) is 1. The zero-order valence-electron chi connectivity index (χ0n) is 12.4. The van der Waals surface area contributed by atoms with E-state index in [1.807, 2.05) is 0 Å². The van der Waals surface area contributed by atoms with Crippen molar-refractivity contribution in [1.29, 1.82) is 0 Å². The number of hydrogen-bond acceptors (Lipinski definition) is 4. The van der Waals surface area contributed by atoms with Crippen LogP contribution in [0.25, 0.3) is 0 Å². The second-order valence-electron chi connectivity index (χ2n) is 5.16. The van der Waals surface area contributed by atoms with Gasteiger partial charge in [0.15, 0.2) is 0 Å². The molecule has 1 unspecified atom stereocenters. The van der Waals surface area contributed by atoms with Crippen LogP contribution in [0.4, 0.5) is 0 Å². The number of nitrogens with zero attached hydrogens (tertiary/aromatic N) is 1. The van der Waals surface area contributed by atoms with Crippen LogP contribution in [-0.2, 0) is 15.2 Å². The molecule has 120 valence electrons. The maximum atomic E-state index is 12.1. The molecule has 0 aliphatic heterocycles. The lowest BCUT2D eigenvalue weighted by Crippen LogP contribution is -2.37. The largest absolute Gasteiger partial charge is 0.380 e. The third kappa shape index (κ3) is 3.76. The van der Waals surface area contributed by atoms with E-state index in [4.69, 9.17) is 16.8 Å². The number of amides is 1. The molecular weight excluding hydrogens is 318 g/mol. The highest BCUT2D eigenvalue weighted by atomic mass is 35.5. The van der Waals surface area contributed by atoms with Crippen LogP contribution in [0.3, 0.4) is 0 Å². The minimum absolute atomic E-state index is 0.204. The van der Waals surface area contributed by atoms with E-state index in [1.54, 1.807) is 54.6 Å². The third-order valence-corrected chi connectivity index (χ3v) is 3.77. The van der Waals surface area contributed by atoms with Gasteiger partial charge in [-0.3, -0.25) is 14.8 Å². The van der Waals surface area contributed by atoms with Gasteiger partial charge in [-0.25, -0.2) is 5.06 Å². The Hall–Kier alpha value is -2.21. The van der Waals surface area contributed by atoms with Crippen molar-refractivity contribution >= 4 is 23.3 Å². The number of aliphatic hydroxyl groups is 1. The predicted octanol–water partition coefficient (Wildman–Crippen LogP) is 2.38. The van der Waals surface area contributed by atoms with E-state index in [0.717, 1.165) is 7.05 Å². The standard InChI is InChI=1S/C17H16ClNO4/c1-19(23)16(21)15(20)11-17(22,12-5-3-2-4-6-12)13-7-9-14(18)10-8-13/h2-10,22-23H,11H2,1H3. The summed E-state index contributed by atoms with van der Waals surface area (Å²) in [4.78, 5) is 23.7. The number of ketones is 1. The third-order valence-electron chi connectivity index (χ3n) is 3.52.